The number of hydrogen-bond donors (Lipinski definition) is 0. The van der Waals surface area contributed by atoms with Crippen molar-refractivity contribution >= 4 is 0 Å². The Labute approximate surface area is 223 Å². The van der Waals surface area contributed by atoms with Crippen LogP contribution in [0.2, 0.25) is 0 Å². The number of halogens is 4. The van der Waals surface area contributed by atoms with Crippen molar-refractivity contribution in [2.45, 2.75) is 101 Å². The van der Waals surface area contributed by atoms with Gasteiger partial charge >= 0.3 is 0 Å². The van der Waals surface area contributed by atoms with Gasteiger partial charge in [-0.25, -0.2) is 17.6 Å². The number of nitrogens with zero attached hydrogens (tertiary/aromatic N) is 4. The number of alkyl halides is 4. The lowest BCUT2D eigenvalue weighted by molar-refractivity contribution is -0.0280. The molecular formula is C30H36F4N4. The van der Waals surface area contributed by atoms with Crippen molar-refractivity contribution < 1.29 is 17.6 Å². The standard InChI is InChI=1S/2C15H18F2N2/c2*1-14(2,3)19-12(11-7-5-4-6-8-11)9-15(16,17)13(19)10-18/h2*4-8,12-13H,9H2,1-3H3/t2*12-,13-/m10/s1. The molecule has 2 heterocycles. The highest BCUT2D eigenvalue weighted by Crippen LogP contribution is 2.50. The molecule has 38 heavy (non-hydrogen) atoms. The normalized spacial score (nSPS) is 27.2. The molecule has 2 aliphatic heterocycles. The van der Waals surface area contributed by atoms with Crippen LogP contribution in [0, 0.1) is 22.7 Å². The number of rotatable bonds is 2. The molecule has 0 unspecified atom stereocenters. The second-order valence-electron chi connectivity index (χ2n) is 12.0. The average Bonchev–Trinajstić information content (AvgIpc) is 3.29. The summed E-state index contributed by atoms with van der Waals surface area (Å²) in [7, 11) is 0. The van der Waals surface area contributed by atoms with Gasteiger partial charge in [-0.15, -0.1) is 0 Å². The minimum atomic E-state index is -2.97. The summed E-state index contributed by atoms with van der Waals surface area (Å²) in [5.41, 5.74) is 0.714. The maximum atomic E-state index is 14.1. The molecule has 0 spiro atoms. The fourth-order valence-corrected chi connectivity index (χ4v) is 5.63. The summed E-state index contributed by atoms with van der Waals surface area (Å²) < 4.78 is 56.2. The van der Waals surface area contributed by atoms with Crippen LogP contribution in [-0.2, 0) is 0 Å². The minimum Gasteiger partial charge on any atom is -0.271 e. The third kappa shape index (κ3) is 6.03. The van der Waals surface area contributed by atoms with Crippen LogP contribution in [0.25, 0.3) is 0 Å². The lowest BCUT2D eigenvalue weighted by atomic mass is 9.99. The van der Waals surface area contributed by atoms with Gasteiger partial charge in [0.2, 0.25) is 0 Å². The van der Waals surface area contributed by atoms with Gasteiger partial charge in [-0.05, 0) is 52.7 Å². The van der Waals surface area contributed by atoms with E-state index in [9.17, 15) is 17.6 Å². The summed E-state index contributed by atoms with van der Waals surface area (Å²) in [5.74, 6) is -5.94. The molecule has 2 saturated heterocycles. The van der Waals surface area contributed by atoms with Crippen molar-refractivity contribution in [3.63, 3.8) is 0 Å². The molecule has 0 bridgehead atoms. The van der Waals surface area contributed by atoms with Crippen LogP contribution in [0.3, 0.4) is 0 Å². The van der Waals surface area contributed by atoms with Crippen molar-refractivity contribution in [3.05, 3.63) is 71.8 Å². The Kier molecular flexibility index (Phi) is 8.32. The Morgan fingerprint density at radius 2 is 0.921 bits per heavy atom. The molecule has 0 saturated carbocycles. The highest BCUT2D eigenvalue weighted by molar-refractivity contribution is 5.27. The number of likely N-dealkylation sites (tertiary alicyclic amines) is 2. The smallest absolute Gasteiger partial charge is 0.271 e. The van der Waals surface area contributed by atoms with E-state index in [2.05, 4.69) is 0 Å². The van der Waals surface area contributed by atoms with Crippen molar-refractivity contribution in [2.24, 2.45) is 0 Å². The molecule has 0 amide bonds. The summed E-state index contributed by atoms with van der Waals surface area (Å²) in [4.78, 5) is 3.28. The maximum absolute atomic E-state index is 14.1. The minimum absolute atomic E-state index is 0.299. The van der Waals surface area contributed by atoms with Crippen LogP contribution >= 0.6 is 0 Å². The number of nitriles is 2. The Hall–Kier alpha value is -2.94. The number of benzene rings is 2. The zero-order valence-corrected chi connectivity index (χ0v) is 22.8. The maximum Gasteiger partial charge on any atom is 0.278 e. The molecule has 4 rings (SSSR count). The zero-order chi connectivity index (χ0) is 28.5. The summed E-state index contributed by atoms with van der Waals surface area (Å²) in [6.07, 6.45) is -0.598. The van der Waals surface area contributed by atoms with Gasteiger partial charge in [0.05, 0.1) is 12.1 Å². The van der Waals surface area contributed by atoms with E-state index in [4.69, 9.17) is 10.5 Å². The SMILES string of the molecule is CC(C)(C)N1[C@@H](C#N)C(F)(F)C[C@H]1c1ccccc1.CC(C)(C)N1[C@@H](c2ccccc2)CC(F)(F)[C@H]1C#N. The fourth-order valence-electron chi connectivity index (χ4n) is 5.63. The van der Waals surface area contributed by atoms with Crippen molar-refractivity contribution in [3.8, 4) is 12.1 Å². The molecule has 4 nitrogen and oxygen atoms in total. The van der Waals surface area contributed by atoms with E-state index in [1.165, 1.54) is 0 Å². The third-order valence-corrected chi connectivity index (χ3v) is 7.12. The molecule has 2 aromatic rings. The second-order valence-corrected chi connectivity index (χ2v) is 12.0. The summed E-state index contributed by atoms with van der Waals surface area (Å²) in [6.45, 7) is 11.2. The first-order chi connectivity index (χ1) is 17.5. The first-order valence-corrected chi connectivity index (χ1v) is 12.8. The summed E-state index contributed by atoms with van der Waals surface area (Å²) >= 11 is 0. The van der Waals surface area contributed by atoms with E-state index in [0.717, 1.165) is 11.1 Å². The zero-order valence-electron chi connectivity index (χ0n) is 22.8. The predicted octanol–water partition coefficient (Wildman–Crippen LogP) is 7.52. The number of hydrogen-bond acceptors (Lipinski definition) is 4. The molecule has 0 aromatic heterocycles. The van der Waals surface area contributed by atoms with Crippen LogP contribution in [0.5, 0.6) is 0 Å². The molecule has 4 atom stereocenters. The van der Waals surface area contributed by atoms with Crippen LogP contribution < -0.4 is 0 Å². The fraction of sp³-hybridized carbons (Fsp3) is 0.533. The van der Waals surface area contributed by atoms with Crippen molar-refractivity contribution in [2.75, 3.05) is 0 Å². The molecule has 2 aromatic carbocycles. The van der Waals surface area contributed by atoms with Crippen LogP contribution in [0.1, 0.15) is 77.6 Å². The van der Waals surface area contributed by atoms with Crippen molar-refractivity contribution in [1.29, 1.82) is 10.5 Å². The molecule has 204 valence electrons. The van der Waals surface area contributed by atoms with Gasteiger partial charge in [0.15, 0.2) is 12.1 Å². The lowest BCUT2D eigenvalue weighted by Crippen LogP contribution is -2.48. The third-order valence-electron chi connectivity index (χ3n) is 7.12. The average molecular weight is 529 g/mol. The first kappa shape index (κ1) is 29.6. The first-order valence-electron chi connectivity index (χ1n) is 12.8. The highest BCUT2D eigenvalue weighted by atomic mass is 19.3. The van der Waals surface area contributed by atoms with Crippen molar-refractivity contribution in [1.82, 2.24) is 9.80 Å². The molecule has 0 aliphatic carbocycles. The summed E-state index contributed by atoms with van der Waals surface area (Å²) in [5, 5.41) is 18.3. The molecular weight excluding hydrogens is 492 g/mol. The molecule has 2 aliphatic rings. The molecule has 0 radical (unpaired) electrons. The second kappa shape index (κ2) is 10.7. The largest absolute Gasteiger partial charge is 0.278 e. The van der Waals surface area contributed by atoms with Gasteiger partial charge < -0.3 is 0 Å². The summed E-state index contributed by atoms with van der Waals surface area (Å²) in [6, 6.07) is 18.5. The molecule has 2 fully saturated rings. The van der Waals surface area contributed by atoms with E-state index < -0.39 is 47.1 Å². The Balaban J connectivity index is 0.000000211. The van der Waals surface area contributed by atoms with E-state index in [1.807, 2.05) is 102 Å². The Morgan fingerprint density at radius 1 is 0.632 bits per heavy atom. The van der Waals surface area contributed by atoms with Gasteiger partial charge in [-0.2, -0.15) is 10.5 Å². The van der Waals surface area contributed by atoms with E-state index in [-0.39, 0.29) is 12.8 Å². The van der Waals surface area contributed by atoms with Crippen LogP contribution in [0.4, 0.5) is 17.6 Å². The highest BCUT2D eigenvalue weighted by Gasteiger charge is 2.58. The molecule has 8 heteroatoms. The van der Waals surface area contributed by atoms with Crippen LogP contribution in [0.15, 0.2) is 60.7 Å². The van der Waals surface area contributed by atoms with E-state index in [1.54, 1.807) is 21.9 Å². The lowest BCUT2D eigenvalue weighted by Gasteiger charge is -2.38. The Bertz CT molecular complexity index is 1060. The predicted molar refractivity (Wildman–Crippen MR) is 139 cm³/mol. The van der Waals surface area contributed by atoms with Crippen LogP contribution in [-0.4, -0.2) is 44.8 Å². The van der Waals surface area contributed by atoms with E-state index >= 15 is 0 Å². The Morgan fingerprint density at radius 3 is 1.16 bits per heavy atom. The quantitative estimate of drug-likeness (QED) is 0.378. The van der Waals surface area contributed by atoms with Gasteiger partial charge in [-0.1, -0.05) is 60.7 Å². The van der Waals surface area contributed by atoms with Gasteiger partial charge in [0.25, 0.3) is 11.8 Å². The van der Waals surface area contributed by atoms with Gasteiger partial charge in [0, 0.05) is 36.0 Å². The molecule has 0 N–H and O–H groups in total. The monoisotopic (exact) mass is 528 g/mol. The topological polar surface area (TPSA) is 54.1 Å². The van der Waals surface area contributed by atoms with E-state index in [0.29, 0.717) is 0 Å². The van der Waals surface area contributed by atoms with Gasteiger partial charge in [0.1, 0.15) is 0 Å². The van der Waals surface area contributed by atoms with Gasteiger partial charge in [-0.3, -0.25) is 9.80 Å².